The van der Waals surface area contributed by atoms with Gasteiger partial charge in [-0.2, -0.15) is 0 Å². The van der Waals surface area contributed by atoms with Gasteiger partial charge in [0.15, 0.2) is 0 Å². The van der Waals surface area contributed by atoms with Crippen LogP contribution in [0.1, 0.15) is 36.8 Å². The number of ether oxygens (including phenoxy) is 2. The van der Waals surface area contributed by atoms with Gasteiger partial charge >= 0.3 is 0 Å². The van der Waals surface area contributed by atoms with Crippen molar-refractivity contribution in [3.8, 4) is 5.75 Å². The fourth-order valence-electron chi connectivity index (χ4n) is 2.79. The molecule has 0 heterocycles. The van der Waals surface area contributed by atoms with Crippen molar-refractivity contribution in [3.05, 3.63) is 29.3 Å². The van der Waals surface area contributed by atoms with Crippen molar-refractivity contribution in [1.29, 1.82) is 0 Å². The lowest BCUT2D eigenvalue weighted by Crippen LogP contribution is -2.34. The zero-order chi connectivity index (χ0) is 12.3. The van der Waals surface area contributed by atoms with Crippen LogP contribution in [-0.2, 0) is 16.9 Å². The lowest BCUT2D eigenvalue weighted by Gasteiger charge is -2.27. The zero-order valence-electron chi connectivity index (χ0n) is 10.7. The number of methoxy groups -OCH3 is 2. The fourth-order valence-corrected chi connectivity index (χ4v) is 2.79. The van der Waals surface area contributed by atoms with Gasteiger partial charge in [0.2, 0.25) is 0 Å². The summed E-state index contributed by atoms with van der Waals surface area (Å²) in [4.78, 5) is 0. The van der Waals surface area contributed by atoms with E-state index < -0.39 is 0 Å². The molecule has 0 saturated heterocycles. The molecule has 1 saturated carbocycles. The summed E-state index contributed by atoms with van der Waals surface area (Å²) in [7, 11) is 3.39. The van der Waals surface area contributed by atoms with Crippen LogP contribution in [0.15, 0.2) is 18.2 Å². The van der Waals surface area contributed by atoms with Crippen LogP contribution in [0.5, 0.6) is 5.75 Å². The van der Waals surface area contributed by atoms with E-state index in [0.717, 1.165) is 24.2 Å². The molecule has 94 valence electrons. The van der Waals surface area contributed by atoms with E-state index in [1.54, 1.807) is 14.2 Å². The lowest BCUT2D eigenvalue weighted by molar-refractivity contribution is 0.179. The molecular formula is C14H21NO2. The Balaban J connectivity index is 2.44. The first kappa shape index (κ1) is 12.4. The lowest BCUT2D eigenvalue weighted by atomic mass is 9.85. The first-order valence-electron chi connectivity index (χ1n) is 6.15. The Morgan fingerprint density at radius 2 is 1.94 bits per heavy atom. The predicted molar refractivity (Wildman–Crippen MR) is 68.0 cm³/mol. The molecule has 0 amide bonds. The Bertz CT molecular complexity index is 384. The maximum Gasteiger partial charge on any atom is 0.124 e. The molecule has 1 fully saturated rings. The molecular weight excluding hydrogens is 214 g/mol. The van der Waals surface area contributed by atoms with Gasteiger partial charge in [0, 0.05) is 18.2 Å². The molecule has 17 heavy (non-hydrogen) atoms. The first-order chi connectivity index (χ1) is 8.21. The quantitative estimate of drug-likeness (QED) is 0.872. The zero-order valence-corrected chi connectivity index (χ0v) is 10.7. The number of rotatable bonds is 4. The minimum absolute atomic E-state index is 0.192. The summed E-state index contributed by atoms with van der Waals surface area (Å²) in [5, 5.41) is 0. The van der Waals surface area contributed by atoms with E-state index in [2.05, 4.69) is 6.07 Å². The van der Waals surface area contributed by atoms with Gasteiger partial charge in [-0.05, 0) is 24.5 Å². The molecule has 0 unspecified atom stereocenters. The Labute approximate surface area is 103 Å². The number of benzene rings is 1. The van der Waals surface area contributed by atoms with Crippen LogP contribution < -0.4 is 10.5 Å². The fraction of sp³-hybridized carbons (Fsp3) is 0.571. The standard InChI is InChI=1S/C14H21NO2/c1-16-10-11-12(6-5-7-13(11)17-2)14(15)8-3-4-9-14/h5-7H,3-4,8-10,15H2,1-2H3. The van der Waals surface area contributed by atoms with Crippen molar-refractivity contribution < 1.29 is 9.47 Å². The minimum Gasteiger partial charge on any atom is -0.496 e. The normalized spacial score (nSPS) is 18.3. The molecule has 1 aliphatic rings. The molecule has 0 atom stereocenters. The van der Waals surface area contributed by atoms with Crippen LogP contribution in [0, 0.1) is 0 Å². The van der Waals surface area contributed by atoms with E-state index in [9.17, 15) is 0 Å². The molecule has 2 rings (SSSR count). The molecule has 0 radical (unpaired) electrons. The van der Waals surface area contributed by atoms with E-state index in [1.165, 1.54) is 18.4 Å². The van der Waals surface area contributed by atoms with Gasteiger partial charge in [-0.25, -0.2) is 0 Å². The molecule has 2 N–H and O–H groups in total. The minimum atomic E-state index is -0.192. The predicted octanol–water partition coefficient (Wildman–Crippen LogP) is 2.57. The Kier molecular flexibility index (Phi) is 3.69. The van der Waals surface area contributed by atoms with Crippen molar-refractivity contribution >= 4 is 0 Å². The second kappa shape index (κ2) is 5.07. The van der Waals surface area contributed by atoms with Crippen LogP contribution in [0.2, 0.25) is 0 Å². The highest BCUT2D eigenvalue weighted by molar-refractivity contribution is 5.44. The summed E-state index contributed by atoms with van der Waals surface area (Å²) in [5.74, 6) is 0.876. The van der Waals surface area contributed by atoms with E-state index in [-0.39, 0.29) is 5.54 Å². The summed E-state index contributed by atoms with van der Waals surface area (Å²) in [6, 6.07) is 6.10. The highest BCUT2D eigenvalue weighted by Gasteiger charge is 2.33. The molecule has 3 nitrogen and oxygen atoms in total. The Morgan fingerprint density at radius 1 is 1.24 bits per heavy atom. The van der Waals surface area contributed by atoms with Gasteiger partial charge in [0.05, 0.1) is 13.7 Å². The monoisotopic (exact) mass is 235 g/mol. The number of nitrogens with two attached hydrogens (primary N) is 1. The molecule has 0 aromatic heterocycles. The first-order valence-corrected chi connectivity index (χ1v) is 6.15. The Hall–Kier alpha value is -1.06. The third-order valence-corrected chi connectivity index (χ3v) is 3.67. The summed E-state index contributed by atoms with van der Waals surface area (Å²) >= 11 is 0. The van der Waals surface area contributed by atoms with E-state index in [0.29, 0.717) is 6.61 Å². The van der Waals surface area contributed by atoms with Crippen molar-refractivity contribution in [1.82, 2.24) is 0 Å². The largest absolute Gasteiger partial charge is 0.496 e. The van der Waals surface area contributed by atoms with Crippen LogP contribution in [-0.4, -0.2) is 14.2 Å². The van der Waals surface area contributed by atoms with Crippen LogP contribution in [0.25, 0.3) is 0 Å². The van der Waals surface area contributed by atoms with Crippen molar-refractivity contribution in [2.75, 3.05) is 14.2 Å². The summed E-state index contributed by atoms with van der Waals surface area (Å²) in [6.45, 7) is 0.554. The second-order valence-electron chi connectivity index (χ2n) is 4.78. The highest BCUT2D eigenvalue weighted by Crippen LogP contribution is 2.40. The number of hydrogen-bond acceptors (Lipinski definition) is 3. The summed E-state index contributed by atoms with van der Waals surface area (Å²) in [6.07, 6.45) is 4.52. The molecule has 0 aliphatic heterocycles. The summed E-state index contributed by atoms with van der Waals surface area (Å²) in [5.41, 5.74) is 8.62. The second-order valence-corrected chi connectivity index (χ2v) is 4.78. The molecule has 1 aromatic carbocycles. The number of hydrogen-bond donors (Lipinski definition) is 1. The Morgan fingerprint density at radius 3 is 2.53 bits per heavy atom. The molecule has 1 aromatic rings. The van der Waals surface area contributed by atoms with Gasteiger partial charge in [-0.15, -0.1) is 0 Å². The summed E-state index contributed by atoms with van der Waals surface area (Å²) < 4.78 is 10.7. The van der Waals surface area contributed by atoms with E-state index >= 15 is 0 Å². The molecule has 0 bridgehead atoms. The van der Waals surface area contributed by atoms with Crippen molar-refractivity contribution in [2.45, 2.75) is 37.8 Å². The van der Waals surface area contributed by atoms with Gasteiger partial charge < -0.3 is 15.2 Å². The molecule has 3 heteroatoms. The third kappa shape index (κ3) is 2.31. The maximum atomic E-state index is 6.52. The van der Waals surface area contributed by atoms with Crippen molar-refractivity contribution in [2.24, 2.45) is 5.73 Å². The average molecular weight is 235 g/mol. The average Bonchev–Trinajstić information content (AvgIpc) is 2.78. The molecule has 1 aliphatic carbocycles. The van der Waals surface area contributed by atoms with E-state index in [4.69, 9.17) is 15.2 Å². The van der Waals surface area contributed by atoms with Gasteiger partial charge in [0.25, 0.3) is 0 Å². The molecule has 0 spiro atoms. The van der Waals surface area contributed by atoms with E-state index in [1.807, 2.05) is 12.1 Å². The smallest absolute Gasteiger partial charge is 0.124 e. The van der Waals surface area contributed by atoms with Gasteiger partial charge in [-0.3, -0.25) is 0 Å². The topological polar surface area (TPSA) is 44.5 Å². The third-order valence-electron chi connectivity index (χ3n) is 3.67. The van der Waals surface area contributed by atoms with Gasteiger partial charge in [-0.1, -0.05) is 25.0 Å². The van der Waals surface area contributed by atoms with Crippen molar-refractivity contribution in [3.63, 3.8) is 0 Å². The van der Waals surface area contributed by atoms with Gasteiger partial charge in [0.1, 0.15) is 5.75 Å². The SMILES string of the molecule is COCc1c(OC)cccc1C1(N)CCCC1. The highest BCUT2D eigenvalue weighted by atomic mass is 16.5. The van der Waals surface area contributed by atoms with Crippen LogP contribution >= 0.6 is 0 Å². The maximum absolute atomic E-state index is 6.52. The van der Waals surface area contributed by atoms with Crippen LogP contribution in [0.4, 0.5) is 0 Å². The van der Waals surface area contributed by atoms with Crippen LogP contribution in [0.3, 0.4) is 0 Å².